The van der Waals surface area contributed by atoms with E-state index < -0.39 is 10.0 Å². The maximum Gasteiger partial charge on any atom is 0.241 e. The highest BCUT2D eigenvalue weighted by molar-refractivity contribution is 7.89. The number of sulfonamides is 1. The second-order valence-electron chi connectivity index (χ2n) is 2.09. The number of nitrogen functional groups attached to an aromatic ring is 1. The second kappa shape index (κ2) is 2.89. The summed E-state index contributed by atoms with van der Waals surface area (Å²) in [6.45, 7) is 0. The third-order valence-corrected chi connectivity index (χ3v) is 2.33. The summed E-state index contributed by atoms with van der Waals surface area (Å²) in [6.07, 6.45) is 1.02. The van der Waals surface area contributed by atoms with E-state index in [9.17, 15) is 8.42 Å². The van der Waals surface area contributed by atoms with Crippen LogP contribution in [0.5, 0.6) is 0 Å². The van der Waals surface area contributed by atoms with Crippen molar-refractivity contribution in [2.75, 3.05) is 5.73 Å². The van der Waals surface area contributed by atoms with Crippen LogP contribution in [0.2, 0.25) is 5.15 Å². The minimum absolute atomic E-state index is 0.00231. The summed E-state index contributed by atoms with van der Waals surface area (Å²) in [7, 11) is -3.80. The smallest absolute Gasteiger partial charge is 0.241 e. The van der Waals surface area contributed by atoms with Crippen molar-refractivity contribution in [3.8, 4) is 0 Å². The van der Waals surface area contributed by atoms with Gasteiger partial charge in [-0.2, -0.15) is 0 Å². The molecule has 1 heterocycles. The van der Waals surface area contributed by atoms with E-state index in [-0.39, 0.29) is 15.7 Å². The van der Waals surface area contributed by atoms with Crippen LogP contribution in [0.15, 0.2) is 17.2 Å². The standard InChI is InChI=1S/C5H6ClN3O2S/c6-5-1-3(7)4(2-9-5)12(8,10)11/h1-2H,(H2,7,9)(H2,8,10,11). The molecule has 0 bridgehead atoms. The van der Waals surface area contributed by atoms with Gasteiger partial charge in [-0.15, -0.1) is 0 Å². The Morgan fingerprint density at radius 1 is 1.50 bits per heavy atom. The van der Waals surface area contributed by atoms with Crippen molar-refractivity contribution >= 4 is 27.3 Å². The Morgan fingerprint density at radius 3 is 2.50 bits per heavy atom. The predicted molar refractivity (Wildman–Crippen MR) is 45.0 cm³/mol. The fourth-order valence-corrected chi connectivity index (χ4v) is 1.42. The molecule has 0 aliphatic heterocycles. The summed E-state index contributed by atoms with van der Waals surface area (Å²) in [5, 5.41) is 4.94. The minimum atomic E-state index is -3.80. The quantitative estimate of drug-likeness (QED) is 0.632. The lowest BCUT2D eigenvalue weighted by Crippen LogP contribution is -2.14. The Balaban J connectivity index is 3.39. The SMILES string of the molecule is Nc1cc(Cl)ncc1S(N)(=O)=O. The molecule has 0 aliphatic rings. The van der Waals surface area contributed by atoms with Gasteiger partial charge in [0.05, 0.1) is 11.9 Å². The Labute approximate surface area is 74.4 Å². The Morgan fingerprint density at radius 2 is 2.08 bits per heavy atom. The van der Waals surface area contributed by atoms with E-state index in [1.165, 1.54) is 6.07 Å². The molecule has 0 saturated heterocycles. The van der Waals surface area contributed by atoms with Gasteiger partial charge in [0.15, 0.2) is 0 Å². The minimum Gasteiger partial charge on any atom is -0.397 e. The van der Waals surface area contributed by atoms with Gasteiger partial charge in [0.2, 0.25) is 10.0 Å². The predicted octanol–water partition coefficient (Wildman–Crippen LogP) is -0.0354. The zero-order chi connectivity index (χ0) is 9.35. The van der Waals surface area contributed by atoms with E-state index in [4.69, 9.17) is 22.5 Å². The molecule has 0 aliphatic carbocycles. The van der Waals surface area contributed by atoms with Crippen LogP contribution < -0.4 is 10.9 Å². The zero-order valence-electron chi connectivity index (χ0n) is 5.86. The number of aromatic nitrogens is 1. The third-order valence-electron chi connectivity index (χ3n) is 1.17. The van der Waals surface area contributed by atoms with Crippen LogP contribution >= 0.6 is 11.6 Å². The van der Waals surface area contributed by atoms with Gasteiger partial charge in [0, 0.05) is 0 Å². The molecular formula is C5H6ClN3O2S. The molecule has 0 spiro atoms. The van der Waals surface area contributed by atoms with E-state index in [0.29, 0.717) is 0 Å². The van der Waals surface area contributed by atoms with Crippen molar-refractivity contribution in [3.63, 3.8) is 0 Å². The highest BCUT2D eigenvalue weighted by atomic mass is 35.5. The van der Waals surface area contributed by atoms with Crippen molar-refractivity contribution in [2.45, 2.75) is 4.90 Å². The number of rotatable bonds is 1. The molecule has 0 saturated carbocycles. The maximum atomic E-state index is 10.8. The van der Waals surface area contributed by atoms with Gasteiger partial charge in [-0.3, -0.25) is 0 Å². The molecule has 0 fully saturated rings. The molecule has 0 atom stereocenters. The first-order valence-electron chi connectivity index (χ1n) is 2.85. The van der Waals surface area contributed by atoms with E-state index in [1.807, 2.05) is 0 Å². The van der Waals surface area contributed by atoms with E-state index >= 15 is 0 Å². The number of hydrogen-bond acceptors (Lipinski definition) is 4. The number of nitrogens with zero attached hydrogens (tertiary/aromatic N) is 1. The Bertz CT molecular complexity index is 403. The van der Waals surface area contributed by atoms with Crippen molar-refractivity contribution in [3.05, 3.63) is 17.4 Å². The average Bonchev–Trinajstić information content (AvgIpc) is 1.83. The number of pyridine rings is 1. The summed E-state index contributed by atoms with van der Waals surface area (Å²) in [5.41, 5.74) is 5.32. The summed E-state index contributed by atoms with van der Waals surface area (Å²) in [6, 6.07) is 1.22. The molecule has 0 aromatic carbocycles. The van der Waals surface area contributed by atoms with E-state index in [2.05, 4.69) is 4.98 Å². The molecule has 66 valence electrons. The van der Waals surface area contributed by atoms with Crippen molar-refractivity contribution < 1.29 is 8.42 Å². The maximum absolute atomic E-state index is 10.8. The Hall–Kier alpha value is -0.850. The molecule has 1 aromatic heterocycles. The molecule has 1 rings (SSSR count). The van der Waals surface area contributed by atoms with E-state index in [0.717, 1.165) is 6.20 Å². The fourth-order valence-electron chi connectivity index (χ4n) is 0.669. The van der Waals surface area contributed by atoms with Crippen LogP contribution in [0, 0.1) is 0 Å². The van der Waals surface area contributed by atoms with Gasteiger partial charge in [0.1, 0.15) is 10.0 Å². The lowest BCUT2D eigenvalue weighted by molar-refractivity contribution is 0.598. The number of anilines is 1. The number of primary sulfonamides is 1. The van der Waals surface area contributed by atoms with E-state index in [1.54, 1.807) is 0 Å². The van der Waals surface area contributed by atoms with Gasteiger partial charge in [-0.1, -0.05) is 11.6 Å². The molecule has 0 unspecified atom stereocenters. The van der Waals surface area contributed by atoms with Crippen LogP contribution in [0.1, 0.15) is 0 Å². The first-order chi connectivity index (χ1) is 5.41. The summed E-state index contributed by atoms with van der Waals surface area (Å²) >= 11 is 5.44. The summed E-state index contributed by atoms with van der Waals surface area (Å²) < 4.78 is 21.6. The normalized spacial score (nSPS) is 11.5. The molecule has 0 amide bonds. The molecule has 4 N–H and O–H groups in total. The molecule has 1 aromatic rings. The topological polar surface area (TPSA) is 99.1 Å². The largest absolute Gasteiger partial charge is 0.397 e. The highest BCUT2D eigenvalue weighted by Gasteiger charge is 2.12. The Kier molecular flexibility index (Phi) is 2.22. The van der Waals surface area contributed by atoms with Gasteiger partial charge in [0.25, 0.3) is 0 Å². The number of nitrogens with two attached hydrogens (primary N) is 2. The molecule has 0 radical (unpaired) electrons. The lowest BCUT2D eigenvalue weighted by Gasteiger charge is -2.01. The first kappa shape index (κ1) is 9.24. The van der Waals surface area contributed by atoms with Gasteiger partial charge < -0.3 is 5.73 Å². The summed E-state index contributed by atoms with van der Waals surface area (Å²) in [4.78, 5) is 3.32. The monoisotopic (exact) mass is 207 g/mol. The molecular weight excluding hydrogens is 202 g/mol. The van der Waals surface area contributed by atoms with Crippen LogP contribution in [-0.2, 0) is 10.0 Å². The zero-order valence-corrected chi connectivity index (χ0v) is 7.43. The second-order valence-corrected chi connectivity index (χ2v) is 4.01. The average molecular weight is 208 g/mol. The van der Waals surface area contributed by atoms with Crippen molar-refractivity contribution in [2.24, 2.45) is 5.14 Å². The van der Waals surface area contributed by atoms with Crippen LogP contribution in [0.25, 0.3) is 0 Å². The molecule has 12 heavy (non-hydrogen) atoms. The van der Waals surface area contributed by atoms with Crippen LogP contribution in [-0.4, -0.2) is 13.4 Å². The third kappa shape index (κ3) is 1.84. The first-order valence-corrected chi connectivity index (χ1v) is 4.77. The van der Waals surface area contributed by atoms with Crippen LogP contribution in [0.3, 0.4) is 0 Å². The van der Waals surface area contributed by atoms with Gasteiger partial charge in [-0.05, 0) is 6.07 Å². The summed E-state index contributed by atoms with van der Waals surface area (Å²) in [5.74, 6) is 0. The molecule has 7 heteroatoms. The molecule has 5 nitrogen and oxygen atoms in total. The van der Waals surface area contributed by atoms with Gasteiger partial charge >= 0.3 is 0 Å². The lowest BCUT2D eigenvalue weighted by atomic mass is 10.4. The van der Waals surface area contributed by atoms with Crippen molar-refractivity contribution in [1.29, 1.82) is 0 Å². The highest BCUT2D eigenvalue weighted by Crippen LogP contribution is 2.18. The fraction of sp³-hybridized carbons (Fsp3) is 0. The number of halogens is 1. The van der Waals surface area contributed by atoms with Gasteiger partial charge in [-0.25, -0.2) is 18.5 Å². The van der Waals surface area contributed by atoms with Crippen molar-refractivity contribution in [1.82, 2.24) is 4.98 Å². The van der Waals surface area contributed by atoms with Crippen LogP contribution in [0.4, 0.5) is 5.69 Å². The number of hydrogen-bond donors (Lipinski definition) is 2.